The van der Waals surface area contributed by atoms with Gasteiger partial charge < -0.3 is 0 Å². The highest BCUT2D eigenvalue weighted by Gasteiger charge is 2.18. The third kappa shape index (κ3) is 2.53. The van der Waals surface area contributed by atoms with Crippen molar-refractivity contribution in [2.75, 3.05) is 0 Å². The van der Waals surface area contributed by atoms with Crippen LogP contribution in [-0.2, 0) is 9.05 Å². The topological polar surface area (TPSA) is 90.2 Å². The van der Waals surface area contributed by atoms with Crippen LogP contribution in [0.15, 0.2) is 17.2 Å². The van der Waals surface area contributed by atoms with Crippen LogP contribution in [0.5, 0.6) is 0 Å². The molecule has 0 aliphatic carbocycles. The van der Waals surface area contributed by atoms with E-state index in [-0.39, 0.29) is 5.15 Å². The fourth-order valence-corrected chi connectivity index (χ4v) is 1.65. The molecule has 0 aliphatic heterocycles. The molecule has 0 unspecified atom stereocenters. The minimum absolute atomic E-state index is 0.307. The first-order valence-electron chi connectivity index (χ1n) is 3.07. The van der Waals surface area contributed by atoms with E-state index < -0.39 is 24.7 Å². The summed E-state index contributed by atoms with van der Waals surface area (Å²) in [5.41, 5.74) is -0.482. The van der Waals surface area contributed by atoms with Gasteiger partial charge in [-0.05, 0) is 0 Å². The molecule has 0 fully saturated rings. The molecule has 0 bridgehead atoms. The van der Waals surface area contributed by atoms with Crippen LogP contribution < -0.4 is 0 Å². The van der Waals surface area contributed by atoms with Crippen molar-refractivity contribution in [3.63, 3.8) is 0 Å². The first kappa shape index (κ1) is 11.2. The lowest BCUT2D eigenvalue weighted by atomic mass is 10.4. The summed E-state index contributed by atoms with van der Waals surface area (Å²) in [6.45, 7) is 0. The molecule has 0 aliphatic rings. The molecule has 14 heavy (non-hydrogen) atoms. The first-order chi connectivity index (χ1) is 6.30. The highest BCUT2D eigenvalue weighted by atomic mass is 35.7. The van der Waals surface area contributed by atoms with Gasteiger partial charge in [0.25, 0.3) is 14.7 Å². The van der Waals surface area contributed by atoms with Gasteiger partial charge in [0.15, 0.2) is 5.03 Å². The van der Waals surface area contributed by atoms with Crippen molar-refractivity contribution in [2.24, 2.45) is 0 Å². The Kier molecular flexibility index (Phi) is 2.93. The molecule has 76 valence electrons. The van der Waals surface area contributed by atoms with E-state index in [0.717, 1.165) is 12.1 Å². The van der Waals surface area contributed by atoms with E-state index in [1.807, 2.05) is 0 Å². The van der Waals surface area contributed by atoms with Crippen LogP contribution in [0.4, 0.5) is 5.69 Å². The van der Waals surface area contributed by atoms with Gasteiger partial charge in [-0.25, -0.2) is 13.4 Å². The second-order valence-electron chi connectivity index (χ2n) is 2.18. The Morgan fingerprint density at radius 2 is 2.00 bits per heavy atom. The zero-order valence-electron chi connectivity index (χ0n) is 6.35. The fourth-order valence-electron chi connectivity index (χ4n) is 0.690. The van der Waals surface area contributed by atoms with Crippen LogP contribution in [0.3, 0.4) is 0 Å². The maximum atomic E-state index is 10.8. The molecular weight excluding hydrogens is 255 g/mol. The van der Waals surface area contributed by atoms with Crippen LogP contribution in [0.1, 0.15) is 0 Å². The van der Waals surface area contributed by atoms with Crippen LogP contribution in [-0.4, -0.2) is 18.3 Å². The van der Waals surface area contributed by atoms with Crippen molar-refractivity contribution in [3.8, 4) is 0 Å². The molecule has 1 aromatic rings. The molecule has 1 heterocycles. The number of pyridine rings is 1. The molecular formula is C5H2Cl2N2O4S. The third-order valence-electron chi connectivity index (χ3n) is 1.22. The Bertz CT molecular complexity index is 487. The molecule has 1 rings (SSSR count). The molecule has 6 nitrogen and oxygen atoms in total. The molecule has 0 N–H and O–H groups in total. The molecule has 0 spiro atoms. The van der Waals surface area contributed by atoms with E-state index >= 15 is 0 Å². The lowest BCUT2D eigenvalue weighted by molar-refractivity contribution is -0.385. The molecule has 0 atom stereocenters. The molecule has 0 saturated carbocycles. The van der Waals surface area contributed by atoms with Gasteiger partial charge in [-0.1, -0.05) is 11.6 Å². The van der Waals surface area contributed by atoms with E-state index in [1.54, 1.807) is 0 Å². The van der Waals surface area contributed by atoms with Gasteiger partial charge in [0.1, 0.15) is 5.15 Å². The van der Waals surface area contributed by atoms with Gasteiger partial charge in [-0.15, -0.1) is 0 Å². The quantitative estimate of drug-likeness (QED) is 0.347. The number of halogens is 2. The summed E-state index contributed by atoms with van der Waals surface area (Å²) < 4.78 is 21.6. The smallest absolute Gasteiger partial charge is 0.258 e. The predicted octanol–water partition coefficient (Wildman–Crippen LogP) is 1.57. The number of hydrogen-bond donors (Lipinski definition) is 0. The number of nitro groups is 1. The number of rotatable bonds is 2. The molecule has 0 saturated heterocycles. The Morgan fingerprint density at radius 3 is 2.43 bits per heavy atom. The maximum absolute atomic E-state index is 10.8. The number of hydrogen-bond acceptors (Lipinski definition) is 5. The van der Waals surface area contributed by atoms with E-state index in [2.05, 4.69) is 4.98 Å². The summed E-state index contributed by atoms with van der Waals surface area (Å²) in [6, 6.07) is 1.65. The maximum Gasteiger partial charge on any atom is 0.278 e. The standard InChI is InChI=1S/C5H2Cl2N2O4S/c6-4-1-3(9(10)11)2-5(8-4)14(7,12)13/h1-2H. The fraction of sp³-hybridized carbons (Fsp3) is 0. The normalized spacial score (nSPS) is 11.3. The minimum atomic E-state index is -4.11. The molecule has 0 amide bonds. The largest absolute Gasteiger partial charge is 0.278 e. The summed E-state index contributed by atoms with van der Waals surface area (Å²) in [4.78, 5) is 12.8. The van der Waals surface area contributed by atoms with Crippen LogP contribution >= 0.6 is 22.3 Å². The highest BCUT2D eigenvalue weighted by molar-refractivity contribution is 8.13. The Morgan fingerprint density at radius 1 is 1.43 bits per heavy atom. The highest BCUT2D eigenvalue weighted by Crippen LogP contribution is 2.22. The van der Waals surface area contributed by atoms with E-state index in [0.29, 0.717) is 0 Å². The van der Waals surface area contributed by atoms with Crippen molar-refractivity contribution in [1.29, 1.82) is 0 Å². The second kappa shape index (κ2) is 3.68. The van der Waals surface area contributed by atoms with Crippen LogP contribution in [0, 0.1) is 10.1 Å². The summed E-state index contributed by atoms with van der Waals surface area (Å²) >= 11 is 5.36. The van der Waals surface area contributed by atoms with Crippen molar-refractivity contribution < 1.29 is 13.3 Å². The lowest BCUT2D eigenvalue weighted by Gasteiger charge is -1.96. The van der Waals surface area contributed by atoms with Crippen molar-refractivity contribution in [1.82, 2.24) is 4.98 Å². The van der Waals surface area contributed by atoms with Gasteiger partial charge in [-0.3, -0.25) is 10.1 Å². The monoisotopic (exact) mass is 256 g/mol. The Labute approximate surface area is 88.0 Å². The zero-order chi connectivity index (χ0) is 10.9. The van der Waals surface area contributed by atoms with Crippen LogP contribution in [0.2, 0.25) is 5.15 Å². The lowest BCUT2D eigenvalue weighted by Crippen LogP contribution is -1.98. The van der Waals surface area contributed by atoms with E-state index in [1.165, 1.54) is 0 Å². The minimum Gasteiger partial charge on any atom is -0.258 e. The molecule has 9 heteroatoms. The second-order valence-corrected chi connectivity index (χ2v) is 5.08. The zero-order valence-corrected chi connectivity index (χ0v) is 8.67. The summed E-state index contributed by atoms with van der Waals surface area (Å²) in [5, 5.41) is 9.37. The van der Waals surface area contributed by atoms with Crippen LogP contribution in [0.25, 0.3) is 0 Å². The van der Waals surface area contributed by atoms with Crippen molar-refractivity contribution >= 4 is 37.0 Å². The average molecular weight is 257 g/mol. The molecule has 0 radical (unpaired) electrons. The summed E-state index contributed by atoms with van der Waals surface area (Å²) in [5.74, 6) is 0. The average Bonchev–Trinajstić information content (AvgIpc) is 2.01. The Balaban J connectivity index is 3.43. The van der Waals surface area contributed by atoms with Gasteiger partial charge in [0.2, 0.25) is 0 Å². The number of nitrogens with zero attached hydrogens (tertiary/aromatic N) is 2. The van der Waals surface area contributed by atoms with Gasteiger partial charge in [-0.2, -0.15) is 0 Å². The van der Waals surface area contributed by atoms with Gasteiger partial charge in [0.05, 0.1) is 17.1 Å². The molecule has 1 aromatic heterocycles. The predicted molar refractivity (Wildman–Crippen MR) is 48.9 cm³/mol. The number of aromatic nitrogens is 1. The van der Waals surface area contributed by atoms with Crippen molar-refractivity contribution in [3.05, 3.63) is 27.4 Å². The van der Waals surface area contributed by atoms with Gasteiger partial charge in [0, 0.05) is 10.7 Å². The SMILES string of the molecule is O=[N+]([O-])c1cc(Cl)nc(S(=O)(=O)Cl)c1. The van der Waals surface area contributed by atoms with Crippen molar-refractivity contribution in [2.45, 2.75) is 5.03 Å². The van der Waals surface area contributed by atoms with Gasteiger partial charge >= 0.3 is 0 Å². The third-order valence-corrected chi connectivity index (χ3v) is 2.59. The van der Waals surface area contributed by atoms with E-state index in [9.17, 15) is 18.5 Å². The first-order valence-corrected chi connectivity index (χ1v) is 5.76. The summed E-state index contributed by atoms with van der Waals surface area (Å²) in [6.07, 6.45) is 0. The molecule has 0 aromatic carbocycles. The van der Waals surface area contributed by atoms with E-state index in [4.69, 9.17) is 22.3 Å². The summed E-state index contributed by atoms with van der Waals surface area (Å²) in [7, 11) is 0.827. The Hall–Kier alpha value is -0.920.